The number of methoxy groups -OCH3 is 2. The molecule has 0 saturated carbocycles. The van der Waals surface area contributed by atoms with Crippen LogP contribution in [0.1, 0.15) is 24.5 Å². The van der Waals surface area contributed by atoms with Crippen LogP contribution in [0.3, 0.4) is 0 Å². The number of benzene rings is 1. The molecule has 2 N–H and O–H groups in total. The maximum Gasteiger partial charge on any atom is 0.193 e. The Morgan fingerprint density at radius 3 is 2.56 bits per heavy atom. The number of aliphatic imine (C=N–C) groups is 1. The highest BCUT2D eigenvalue weighted by molar-refractivity contribution is 14.0. The molecule has 2 unspecified atom stereocenters. The van der Waals surface area contributed by atoms with Crippen molar-refractivity contribution < 1.29 is 19.3 Å². The van der Waals surface area contributed by atoms with E-state index in [-0.39, 0.29) is 29.4 Å². The molecule has 0 radical (unpaired) electrons. The highest BCUT2D eigenvalue weighted by Crippen LogP contribution is 2.38. The van der Waals surface area contributed by atoms with Crippen LogP contribution in [0.15, 0.2) is 23.2 Å². The largest absolute Gasteiger partial charge is 0.497 e. The summed E-state index contributed by atoms with van der Waals surface area (Å²) < 4.78 is 16.1. The fourth-order valence-corrected chi connectivity index (χ4v) is 3.75. The van der Waals surface area contributed by atoms with Gasteiger partial charge in [-0.1, -0.05) is 0 Å². The molecule has 152 valence electrons. The van der Waals surface area contributed by atoms with Crippen molar-refractivity contribution in [2.75, 3.05) is 54.1 Å². The molecule has 2 saturated heterocycles. The second kappa shape index (κ2) is 9.79. The standard InChI is InChI=1S/C19H29N3O4.HI/c1-20-18(22-6-4-19(12-22)5-7-26-13-19)21-11-17(23)14-8-15(24-2)10-16(9-14)25-3;/h8-10,17,23H,4-7,11-13H2,1-3H3,(H,20,21);1H. The second-order valence-electron chi connectivity index (χ2n) is 7.06. The molecule has 2 fully saturated rings. The SMILES string of the molecule is CN=C(NCC(O)c1cc(OC)cc(OC)c1)N1CCC2(CCOC2)C1.I. The van der Waals surface area contributed by atoms with Crippen LogP contribution in [0.25, 0.3) is 0 Å². The summed E-state index contributed by atoms with van der Waals surface area (Å²) >= 11 is 0. The number of rotatable bonds is 5. The fourth-order valence-electron chi connectivity index (χ4n) is 3.75. The van der Waals surface area contributed by atoms with Gasteiger partial charge in [-0.25, -0.2) is 0 Å². The van der Waals surface area contributed by atoms with Crippen molar-refractivity contribution in [3.63, 3.8) is 0 Å². The van der Waals surface area contributed by atoms with E-state index in [4.69, 9.17) is 14.2 Å². The number of hydrogen-bond acceptors (Lipinski definition) is 5. The van der Waals surface area contributed by atoms with Crippen LogP contribution in [0.4, 0.5) is 0 Å². The lowest BCUT2D eigenvalue weighted by atomic mass is 9.87. The zero-order valence-electron chi connectivity index (χ0n) is 16.2. The summed E-state index contributed by atoms with van der Waals surface area (Å²) in [6, 6.07) is 5.42. The minimum atomic E-state index is -0.692. The van der Waals surface area contributed by atoms with Crippen LogP contribution in [0.2, 0.25) is 0 Å². The maximum atomic E-state index is 10.6. The molecular weight excluding hydrogens is 461 g/mol. The molecule has 0 aliphatic carbocycles. The average molecular weight is 491 g/mol. The van der Waals surface area contributed by atoms with E-state index in [0.29, 0.717) is 18.0 Å². The summed E-state index contributed by atoms with van der Waals surface area (Å²) in [5, 5.41) is 13.9. The molecule has 1 aromatic rings. The second-order valence-corrected chi connectivity index (χ2v) is 7.06. The van der Waals surface area contributed by atoms with Gasteiger partial charge >= 0.3 is 0 Å². The van der Waals surface area contributed by atoms with Crippen molar-refractivity contribution in [1.29, 1.82) is 0 Å². The molecule has 7 nitrogen and oxygen atoms in total. The molecule has 2 aliphatic heterocycles. The molecule has 0 bridgehead atoms. The third-order valence-corrected chi connectivity index (χ3v) is 5.35. The van der Waals surface area contributed by atoms with Gasteiger partial charge in [-0.15, -0.1) is 24.0 Å². The quantitative estimate of drug-likeness (QED) is 0.373. The highest BCUT2D eigenvalue weighted by Gasteiger charge is 2.42. The number of guanidine groups is 1. The normalized spacial score (nSPS) is 23.3. The third-order valence-electron chi connectivity index (χ3n) is 5.35. The number of hydrogen-bond donors (Lipinski definition) is 2. The Morgan fingerprint density at radius 2 is 2.00 bits per heavy atom. The first-order valence-electron chi connectivity index (χ1n) is 9.03. The van der Waals surface area contributed by atoms with E-state index >= 15 is 0 Å². The van der Waals surface area contributed by atoms with Crippen LogP contribution in [0, 0.1) is 5.41 Å². The minimum absolute atomic E-state index is 0. The van der Waals surface area contributed by atoms with Crippen LogP contribution in [-0.4, -0.2) is 70.1 Å². The predicted octanol–water partition coefficient (Wildman–Crippen LogP) is 2.04. The van der Waals surface area contributed by atoms with Crippen LogP contribution in [-0.2, 0) is 4.74 Å². The Hall–Kier alpha value is -1.26. The van der Waals surface area contributed by atoms with Crippen molar-refractivity contribution in [3.05, 3.63) is 23.8 Å². The Bertz CT molecular complexity index is 628. The third kappa shape index (κ3) is 5.17. The first kappa shape index (κ1) is 22.0. The lowest BCUT2D eigenvalue weighted by Crippen LogP contribution is -2.42. The van der Waals surface area contributed by atoms with Gasteiger partial charge in [-0.2, -0.15) is 0 Å². The molecule has 1 aromatic carbocycles. The van der Waals surface area contributed by atoms with E-state index in [9.17, 15) is 5.11 Å². The Morgan fingerprint density at radius 1 is 1.30 bits per heavy atom. The zero-order valence-corrected chi connectivity index (χ0v) is 18.6. The van der Waals surface area contributed by atoms with Gasteiger partial charge in [0.25, 0.3) is 0 Å². The lowest BCUT2D eigenvalue weighted by Gasteiger charge is -2.25. The fraction of sp³-hybridized carbons (Fsp3) is 0.632. The van der Waals surface area contributed by atoms with Crippen molar-refractivity contribution in [3.8, 4) is 11.5 Å². The van der Waals surface area contributed by atoms with Gasteiger partial charge in [0, 0.05) is 44.8 Å². The number of nitrogens with zero attached hydrogens (tertiary/aromatic N) is 2. The monoisotopic (exact) mass is 491 g/mol. The van der Waals surface area contributed by atoms with Crippen LogP contribution < -0.4 is 14.8 Å². The minimum Gasteiger partial charge on any atom is -0.497 e. The molecule has 2 atom stereocenters. The zero-order chi connectivity index (χ0) is 18.6. The maximum absolute atomic E-state index is 10.6. The number of aliphatic hydroxyl groups is 1. The molecule has 0 amide bonds. The molecule has 27 heavy (non-hydrogen) atoms. The number of likely N-dealkylation sites (tertiary alicyclic amines) is 1. The number of halogens is 1. The van der Waals surface area contributed by atoms with Gasteiger partial charge in [0.1, 0.15) is 11.5 Å². The summed E-state index contributed by atoms with van der Waals surface area (Å²) in [7, 11) is 4.97. The Balaban J connectivity index is 0.00000261. The number of aliphatic hydroxyl groups excluding tert-OH is 1. The smallest absolute Gasteiger partial charge is 0.193 e. The number of ether oxygens (including phenoxy) is 3. The van der Waals surface area contributed by atoms with E-state index in [1.54, 1.807) is 27.3 Å². The molecule has 2 heterocycles. The summed E-state index contributed by atoms with van der Waals surface area (Å²) in [4.78, 5) is 6.65. The first-order chi connectivity index (χ1) is 12.6. The molecular formula is C19H30IN3O4. The van der Waals surface area contributed by atoms with Gasteiger partial charge in [0.05, 0.1) is 26.9 Å². The highest BCUT2D eigenvalue weighted by atomic mass is 127. The number of nitrogens with one attached hydrogen (secondary N) is 1. The molecule has 1 spiro atoms. The van der Waals surface area contributed by atoms with Crippen LogP contribution in [0.5, 0.6) is 11.5 Å². The topological polar surface area (TPSA) is 75.6 Å². The van der Waals surface area contributed by atoms with Crippen molar-refractivity contribution in [2.24, 2.45) is 10.4 Å². The van der Waals surface area contributed by atoms with E-state index < -0.39 is 6.10 Å². The predicted molar refractivity (Wildman–Crippen MR) is 115 cm³/mol. The van der Waals surface area contributed by atoms with E-state index in [0.717, 1.165) is 50.7 Å². The van der Waals surface area contributed by atoms with E-state index in [2.05, 4.69) is 15.2 Å². The molecule has 2 aliphatic rings. The van der Waals surface area contributed by atoms with Crippen LogP contribution >= 0.6 is 24.0 Å². The first-order valence-corrected chi connectivity index (χ1v) is 9.03. The summed E-state index contributed by atoms with van der Waals surface area (Å²) in [6.07, 6.45) is 1.55. The van der Waals surface area contributed by atoms with Crippen molar-refractivity contribution >= 4 is 29.9 Å². The summed E-state index contributed by atoms with van der Waals surface area (Å²) in [5.41, 5.74) is 1.02. The Labute approximate surface area is 178 Å². The Kier molecular flexibility index (Phi) is 7.99. The average Bonchev–Trinajstić information content (AvgIpc) is 3.31. The molecule has 3 rings (SSSR count). The van der Waals surface area contributed by atoms with Crippen molar-refractivity contribution in [1.82, 2.24) is 10.2 Å². The van der Waals surface area contributed by atoms with Gasteiger partial charge < -0.3 is 29.5 Å². The summed E-state index contributed by atoms with van der Waals surface area (Å²) in [5.74, 6) is 2.14. The lowest BCUT2D eigenvalue weighted by molar-refractivity contribution is 0.156. The van der Waals surface area contributed by atoms with Gasteiger partial charge in [0.15, 0.2) is 5.96 Å². The van der Waals surface area contributed by atoms with Crippen molar-refractivity contribution in [2.45, 2.75) is 18.9 Å². The summed E-state index contributed by atoms with van der Waals surface area (Å²) in [6.45, 7) is 3.98. The van der Waals surface area contributed by atoms with Gasteiger partial charge in [-0.3, -0.25) is 4.99 Å². The van der Waals surface area contributed by atoms with E-state index in [1.165, 1.54) is 0 Å². The molecule has 8 heteroatoms. The van der Waals surface area contributed by atoms with E-state index in [1.807, 2.05) is 12.1 Å². The van der Waals surface area contributed by atoms with Gasteiger partial charge in [-0.05, 0) is 30.5 Å². The molecule has 0 aromatic heterocycles. The van der Waals surface area contributed by atoms with Gasteiger partial charge in [0.2, 0.25) is 0 Å².